The van der Waals surface area contributed by atoms with Crippen molar-refractivity contribution in [1.29, 1.82) is 5.41 Å². The summed E-state index contributed by atoms with van der Waals surface area (Å²) in [6.07, 6.45) is 1.57. The summed E-state index contributed by atoms with van der Waals surface area (Å²) in [5, 5.41) is 13.2. The molecule has 8 nitrogen and oxygen atoms in total. The van der Waals surface area contributed by atoms with Crippen LogP contribution in [0, 0.1) is 5.41 Å². The first-order chi connectivity index (χ1) is 21.9. The molecule has 6 aromatic rings. The number of imidazole rings is 1. The van der Waals surface area contributed by atoms with Crippen LogP contribution in [0.3, 0.4) is 0 Å². The number of hydrogen-bond donors (Lipinski definition) is 4. The minimum atomic E-state index is -0.0399. The molecule has 0 fully saturated rings. The third kappa shape index (κ3) is 6.56. The van der Waals surface area contributed by atoms with Crippen molar-refractivity contribution in [2.75, 3.05) is 17.2 Å². The second-order valence-electron chi connectivity index (χ2n) is 11.3. The summed E-state index contributed by atoms with van der Waals surface area (Å²) in [6, 6.07) is 36.0. The quantitative estimate of drug-likeness (QED) is 0.0869. The summed E-state index contributed by atoms with van der Waals surface area (Å²) < 4.78 is 2.12. The van der Waals surface area contributed by atoms with Crippen LogP contribution in [0.25, 0.3) is 21.8 Å². The fourth-order valence-corrected chi connectivity index (χ4v) is 5.76. The number of nitrogens with two attached hydrogens (primary N) is 2. The van der Waals surface area contributed by atoms with E-state index in [0.717, 1.165) is 68.4 Å². The number of amidine groups is 1. The van der Waals surface area contributed by atoms with Crippen molar-refractivity contribution >= 4 is 44.9 Å². The van der Waals surface area contributed by atoms with E-state index in [9.17, 15) is 4.79 Å². The predicted molar refractivity (Wildman–Crippen MR) is 183 cm³/mol. The summed E-state index contributed by atoms with van der Waals surface area (Å²) >= 11 is 0. The van der Waals surface area contributed by atoms with Gasteiger partial charge in [-0.2, -0.15) is 0 Å². The second kappa shape index (κ2) is 13.0. The van der Waals surface area contributed by atoms with Crippen LogP contribution in [0.5, 0.6) is 0 Å². The zero-order valence-electron chi connectivity index (χ0n) is 25.3. The first-order valence-corrected chi connectivity index (χ1v) is 15.1. The Bertz CT molecular complexity index is 1990. The van der Waals surface area contributed by atoms with Gasteiger partial charge in [0.15, 0.2) is 0 Å². The number of aromatic nitrogens is 2. The molecule has 45 heavy (non-hydrogen) atoms. The highest BCUT2D eigenvalue weighted by Crippen LogP contribution is 2.27. The molecule has 6 N–H and O–H groups in total. The number of nitrogens with one attached hydrogen (secondary N) is 2. The molecule has 0 bridgehead atoms. The maximum absolute atomic E-state index is 13.9. The smallest absolute Gasteiger partial charge is 0.241 e. The Morgan fingerprint density at radius 2 is 1.62 bits per heavy atom. The Morgan fingerprint density at radius 3 is 2.42 bits per heavy atom. The number of rotatable bonds is 11. The fourth-order valence-electron chi connectivity index (χ4n) is 5.76. The lowest BCUT2D eigenvalue weighted by molar-refractivity contribution is -0.118. The molecular weight excluding hydrogens is 558 g/mol. The van der Waals surface area contributed by atoms with Gasteiger partial charge in [0.25, 0.3) is 0 Å². The predicted octanol–water partition coefficient (Wildman–Crippen LogP) is 5.70. The maximum atomic E-state index is 13.9. The van der Waals surface area contributed by atoms with Gasteiger partial charge in [0, 0.05) is 37.0 Å². The SMILES string of the molecule is Cn1c(CCc2ccc(C(=N)N)cc2)nc2cc(N(Cc3cccc4ccccc34)C(=O)CNCc3ccccc3N)ccc21. The third-order valence-corrected chi connectivity index (χ3v) is 8.33. The van der Waals surface area contributed by atoms with E-state index in [1.165, 1.54) is 0 Å². The molecule has 0 spiro atoms. The van der Waals surface area contributed by atoms with Crippen LogP contribution in [0.15, 0.2) is 109 Å². The van der Waals surface area contributed by atoms with E-state index in [1.54, 1.807) is 0 Å². The van der Waals surface area contributed by atoms with Gasteiger partial charge in [0.2, 0.25) is 5.91 Å². The number of nitrogen functional groups attached to an aromatic ring is 2. The van der Waals surface area contributed by atoms with Crippen LogP contribution in [-0.4, -0.2) is 27.8 Å². The monoisotopic (exact) mass is 595 g/mol. The molecule has 1 amide bonds. The third-order valence-electron chi connectivity index (χ3n) is 8.33. The van der Waals surface area contributed by atoms with Crippen molar-refractivity contribution in [3.05, 3.63) is 137 Å². The van der Waals surface area contributed by atoms with Gasteiger partial charge in [0.1, 0.15) is 11.7 Å². The second-order valence-corrected chi connectivity index (χ2v) is 11.3. The van der Waals surface area contributed by atoms with Gasteiger partial charge in [-0.05, 0) is 58.1 Å². The number of amides is 1. The molecule has 1 aromatic heterocycles. The molecular formula is C37H37N7O. The van der Waals surface area contributed by atoms with E-state index in [4.69, 9.17) is 21.9 Å². The van der Waals surface area contributed by atoms with Gasteiger partial charge >= 0.3 is 0 Å². The zero-order chi connectivity index (χ0) is 31.3. The molecule has 5 aromatic carbocycles. The average molecular weight is 596 g/mol. The van der Waals surface area contributed by atoms with Crippen molar-refractivity contribution in [3.8, 4) is 0 Å². The molecule has 0 atom stereocenters. The molecule has 0 aliphatic rings. The first kappa shape index (κ1) is 29.6. The van der Waals surface area contributed by atoms with E-state index < -0.39 is 0 Å². The van der Waals surface area contributed by atoms with Crippen molar-refractivity contribution in [2.24, 2.45) is 12.8 Å². The number of fused-ring (bicyclic) bond motifs is 2. The first-order valence-electron chi connectivity index (χ1n) is 15.1. The van der Waals surface area contributed by atoms with Gasteiger partial charge in [0.05, 0.1) is 24.1 Å². The van der Waals surface area contributed by atoms with Gasteiger partial charge in [-0.25, -0.2) is 4.98 Å². The fraction of sp³-hybridized carbons (Fsp3) is 0.162. The molecule has 0 unspecified atom stereocenters. The van der Waals surface area contributed by atoms with Crippen molar-refractivity contribution in [1.82, 2.24) is 14.9 Å². The molecule has 0 saturated heterocycles. The van der Waals surface area contributed by atoms with Crippen LogP contribution in [-0.2, 0) is 37.8 Å². The topological polar surface area (TPSA) is 126 Å². The number of nitrogens with zero attached hydrogens (tertiary/aromatic N) is 3. The Kier molecular flexibility index (Phi) is 8.57. The Morgan fingerprint density at radius 1 is 0.889 bits per heavy atom. The number of anilines is 2. The summed E-state index contributed by atoms with van der Waals surface area (Å²) in [4.78, 5) is 20.7. The minimum absolute atomic E-state index is 0.0399. The van der Waals surface area contributed by atoms with Crippen LogP contribution in [0.4, 0.5) is 11.4 Å². The van der Waals surface area contributed by atoms with Crippen molar-refractivity contribution < 1.29 is 4.79 Å². The molecule has 226 valence electrons. The number of para-hydroxylation sites is 1. The highest BCUT2D eigenvalue weighted by Gasteiger charge is 2.19. The average Bonchev–Trinajstić information content (AvgIpc) is 3.37. The van der Waals surface area contributed by atoms with Crippen molar-refractivity contribution in [2.45, 2.75) is 25.9 Å². The van der Waals surface area contributed by atoms with E-state index in [0.29, 0.717) is 18.8 Å². The number of benzene rings is 5. The van der Waals surface area contributed by atoms with Gasteiger partial charge in [-0.1, -0.05) is 84.9 Å². The van der Waals surface area contributed by atoms with Gasteiger partial charge < -0.3 is 26.3 Å². The van der Waals surface area contributed by atoms with Crippen LogP contribution < -0.4 is 21.7 Å². The van der Waals surface area contributed by atoms with Gasteiger partial charge in [-0.3, -0.25) is 10.2 Å². The lowest BCUT2D eigenvalue weighted by Crippen LogP contribution is -2.37. The molecule has 0 radical (unpaired) electrons. The van der Waals surface area contributed by atoms with Crippen LogP contribution in [0.2, 0.25) is 0 Å². The summed E-state index contributed by atoms with van der Waals surface area (Å²) in [5.74, 6) is 0.992. The summed E-state index contributed by atoms with van der Waals surface area (Å²) in [7, 11) is 2.03. The molecule has 8 heteroatoms. The number of carbonyl (C=O) groups is 1. The largest absolute Gasteiger partial charge is 0.398 e. The molecule has 0 saturated carbocycles. The lowest BCUT2D eigenvalue weighted by atomic mass is 10.0. The van der Waals surface area contributed by atoms with Crippen molar-refractivity contribution in [3.63, 3.8) is 0 Å². The summed E-state index contributed by atoms with van der Waals surface area (Å²) in [5.41, 5.74) is 19.0. The van der Waals surface area contributed by atoms with E-state index in [1.807, 2.05) is 96.9 Å². The Balaban J connectivity index is 1.26. The lowest BCUT2D eigenvalue weighted by Gasteiger charge is -2.24. The molecule has 0 aliphatic heterocycles. The summed E-state index contributed by atoms with van der Waals surface area (Å²) in [6.45, 7) is 1.09. The van der Waals surface area contributed by atoms with Gasteiger partial charge in [-0.15, -0.1) is 0 Å². The Hall–Kier alpha value is -5.47. The molecule has 0 aliphatic carbocycles. The highest BCUT2D eigenvalue weighted by molar-refractivity contribution is 5.97. The molecule has 6 rings (SSSR count). The van der Waals surface area contributed by atoms with Crippen LogP contribution in [0.1, 0.15) is 28.1 Å². The Labute approximate surface area is 262 Å². The van der Waals surface area contributed by atoms with Crippen LogP contribution >= 0.6 is 0 Å². The minimum Gasteiger partial charge on any atom is -0.398 e. The molecule has 1 heterocycles. The number of aryl methyl sites for hydroxylation is 3. The van der Waals surface area contributed by atoms with E-state index in [2.05, 4.69) is 34.1 Å². The standard InChI is InChI=1S/C37H37N7O/c1-43-34-19-18-30(21-33(34)42-35(43)20-15-25-13-16-27(17-14-25)37(39)40)44(24-29-10-6-9-26-7-2-4-11-31(26)29)36(45)23-41-22-28-8-3-5-12-32(28)38/h2-14,16-19,21,41H,15,20,22-24,38H2,1H3,(H3,39,40). The normalized spacial score (nSPS) is 11.2. The van der Waals surface area contributed by atoms with E-state index >= 15 is 0 Å². The zero-order valence-corrected chi connectivity index (χ0v) is 25.3. The number of carbonyl (C=O) groups excluding carboxylic acids is 1. The van der Waals surface area contributed by atoms with E-state index in [-0.39, 0.29) is 18.3 Å². The number of hydrogen-bond acceptors (Lipinski definition) is 5. The highest BCUT2D eigenvalue weighted by atomic mass is 16.2. The maximum Gasteiger partial charge on any atom is 0.241 e.